The average Bonchev–Trinajstić information content (AvgIpc) is 3.02. The van der Waals surface area contributed by atoms with Crippen LogP contribution < -0.4 is 10.6 Å². The van der Waals surface area contributed by atoms with Crippen molar-refractivity contribution in [3.63, 3.8) is 0 Å². The van der Waals surface area contributed by atoms with E-state index in [1.165, 1.54) is 22.4 Å². The minimum absolute atomic E-state index is 0.558. The molecule has 1 aliphatic heterocycles. The molecule has 4 N–H and O–H groups in total. The van der Waals surface area contributed by atoms with E-state index in [4.69, 9.17) is 27.5 Å². The molecular formula is C20H21ClN2O4. The monoisotopic (exact) mass is 388 g/mol. The van der Waals surface area contributed by atoms with Crippen LogP contribution in [0, 0.1) is 0 Å². The molecule has 3 rings (SSSR count). The van der Waals surface area contributed by atoms with Gasteiger partial charge in [-0.25, -0.2) is 9.59 Å². The Balaban J connectivity index is 0.000000279. The first-order valence-corrected chi connectivity index (χ1v) is 8.72. The summed E-state index contributed by atoms with van der Waals surface area (Å²) >= 11 is 6.04. The minimum atomic E-state index is -1.26. The number of hydrogen-bond donors (Lipinski definition) is 3. The number of hydrogen-bond acceptors (Lipinski definition) is 4. The van der Waals surface area contributed by atoms with E-state index in [-0.39, 0.29) is 0 Å². The maximum atomic E-state index is 9.55. The van der Waals surface area contributed by atoms with Gasteiger partial charge in [0.25, 0.3) is 0 Å². The van der Waals surface area contributed by atoms with Crippen molar-refractivity contribution in [2.45, 2.75) is 19.5 Å². The van der Waals surface area contributed by atoms with Gasteiger partial charge in [-0.2, -0.15) is 0 Å². The highest BCUT2D eigenvalue weighted by molar-refractivity contribution is 6.30. The van der Waals surface area contributed by atoms with Gasteiger partial charge in [0.15, 0.2) is 0 Å². The third-order valence-corrected chi connectivity index (χ3v) is 4.24. The van der Waals surface area contributed by atoms with E-state index >= 15 is 0 Å². The smallest absolute Gasteiger partial charge is 0.328 e. The number of rotatable bonds is 5. The second-order valence-electron chi connectivity index (χ2n) is 5.98. The van der Waals surface area contributed by atoms with Gasteiger partial charge in [-0.3, -0.25) is 0 Å². The zero-order valence-electron chi connectivity index (χ0n) is 14.6. The quantitative estimate of drug-likeness (QED) is 0.680. The number of nitrogens with zero attached hydrogens (tertiary/aromatic N) is 1. The Morgan fingerprint density at radius 1 is 1.07 bits per heavy atom. The van der Waals surface area contributed by atoms with Crippen molar-refractivity contribution in [2.24, 2.45) is 5.73 Å². The van der Waals surface area contributed by atoms with Gasteiger partial charge in [0.05, 0.1) is 0 Å². The summed E-state index contributed by atoms with van der Waals surface area (Å²) in [5.41, 5.74) is 10.8. The first-order valence-electron chi connectivity index (χ1n) is 8.34. The molecule has 0 fully saturated rings. The molecule has 0 radical (unpaired) electrons. The second kappa shape index (κ2) is 9.75. The number of nitrogens with two attached hydrogens (primary N) is 1. The van der Waals surface area contributed by atoms with Gasteiger partial charge >= 0.3 is 11.9 Å². The number of carbonyl (C=O) groups is 2. The van der Waals surface area contributed by atoms with E-state index in [2.05, 4.69) is 41.3 Å². The Morgan fingerprint density at radius 3 is 2.37 bits per heavy atom. The predicted molar refractivity (Wildman–Crippen MR) is 105 cm³/mol. The van der Waals surface area contributed by atoms with Crippen LogP contribution in [0.1, 0.15) is 16.7 Å². The normalized spacial score (nSPS) is 12.4. The van der Waals surface area contributed by atoms with Crippen molar-refractivity contribution >= 4 is 29.2 Å². The van der Waals surface area contributed by atoms with E-state index in [9.17, 15) is 9.59 Å². The maximum absolute atomic E-state index is 9.55. The summed E-state index contributed by atoms with van der Waals surface area (Å²) in [6, 6.07) is 14.7. The molecule has 7 heteroatoms. The van der Waals surface area contributed by atoms with Crippen LogP contribution in [0.25, 0.3) is 0 Å². The Kier molecular flexibility index (Phi) is 7.40. The molecule has 1 heterocycles. The van der Waals surface area contributed by atoms with Crippen LogP contribution in [-0.4, -0.2) is 28.7 Å². The molecule has 0 bridgehead atoms. The van der Waals surface area contributed by atoms with Gasteiger partial charge in [0.2, 0.25) is 0 Å². The van der Waals surface area contributed by atoms with E-state index in [1.54, 1.807) is 0 Å². The molecule has 2 aromatic rings. The lowest BCUT2D eigenvalue weighted by atomic mass is 10.1. The summed E-state index contributed by atoms with van der Waals surface area (Å²) < 4.78 is 0. The molecule has 0 atom stereocenters. The van der Waals surface area contributed by atoms with Gasteiger partial charge in [0.1, 0.15) is 0 Å². The van der Waals surface area contributed by atoms with Crippen LogP contribution in [0.4, 0.5) is 5.69 Å². The van der Waals surface area contributed by atoms with Crippen molar-refractivity contribution in [1.29, 1.82) is 0 Å². The second-order valence-corrected chi connectivity index (χ2v) is 6.41. The molecule has 0 aromatic heterocycles. The molecule has 0 saturated heterocycles. The zero-order valence-corrected chi connectivity index (χ0v) is 15.4. The van der Waals surface area contributed by atoms with E-state index < -0.39 is 11.9 Å². The Bertz CT molecular complexity index is 836. The molecule has 142 valence electrons. The van der Waals surface area contributed by atoms with Crippen LogP contribution >= 0.6 is 11.6 Å². The van der Waals surface area contributed by atoms with E-state index in [0.717, 1.165) is 24.5 Å². The molecular weight excluding hydrogens is 368 g/mol. The molecule has 0 spiro atoms. The summed E-state index contributed by atoms with van der Waals surface area (Å²) in [5.74, 6) is -2.51. The highest BCUT2D eigenvalue weighted by Crippen LogP contribution is 2.31. The highest BCUT2D eigenvalue weighted by atomic mass is 35.5. The third kappa shape index (κ3) is 6.44. The van der Waals surface area contributed by atoms with Crippen LogP contribution in [0.5, 0.6) is 0 Å². The number of carboxylic acid groups (broad SMARTS) is 2. The van der Waals surface area contributed by atoms with Crippen molar-refractivity contribution in [3.05, 3.63) is 76.3 Å². The number of benzene rings is 2. The summed E-state index contributed by atoms with van der Waals surface area (Å²) in [5, 5.41) is 16.4. The van der Waals surface area contributed by atoms with Crippen LogP contribution in [0.3, 0.4) is 0 Å². The number of anilines is 1. The minimum Gasteiger partial charge on any atom is -0.478 e. The topological polar surface area (TPSA) is 104 Å². The van der Waals surface area contributed by atoms with Crippen LogP contribution in [-0.2, 0) is 29.1 Å². The zero-order chi connectivity index (χ0) is 19.8. The fourth-order valence-corrected chi connectivity index (χ4v) is 3.02. The van der Waals surface area contributed by atoms with Crippen molar-refractivity contribution in [2.75, 3.05) is 11.4 Å². The fraction of sp³-hybridized carbons (Fsp3) is 0.200. The average molecular weight is 389 g/mol. The number of aliphatic carboxylic acids is 2. The molecule has 0 unspecified atom stereocenters. The van der Waals surface area contributed by atoms with Gasteiger partial charge in [-0.05, 0) is 41.3 Å². The van der Waals surface area contributed by atoms with Crippen LogP contribution in [0.2, 0.25) is 5.02 Å². The van der Waals surface area contributed by atoms with Crippen LogP contribution in [0.15, 0.2) is 54.6 Å². The largest absolute Gasteiger partial charge is 0.478 e. The molecule has 2 aromatic carbocycles. The van der Waals surface area contributed by atoms with Crippen molar-refractivity contribution in [1.82, 2.24) is 0 Å². The number of carboxylic acids is 2. The third-order valence-electron chi connectivity index (χ3n) is 4.00. The highest BCUT2D eigenvalue weighted by Gasteiger charge is 2.19. The summed E-state index contributed by atoms with van der Waals surface area (Å²) in [7, 11) is 0. The molecule has 0 saturated carbocycles. The Labute approximate surface area is 162 Å². The first kappa shape index (κ1) is 20.5. The molecule has 6 nitrogen and oxygen atoms in total. The maximum Gasteiger partial charge on any atom is 0.328 e. The molecule has 0 aliphatic carbocycles. The summed E-state index contributed by atoms with van der Waals surface area (Å²) in [6.07, 6.45) is 2.19. The fourth-order valence-electron chi connectivity index (χ4n) is 2.82. The standard InChI is InChI=1S/C16H17ClN2.C4H4O4/c17-15-4-5-16-14(9-15)6-7-19(16)11-13-3-1-2-12(8-13)10-18;5-3(6)1-2-4(7)8/h1-5,8-9H,6-7,10-11,18H2;1-2H,(H,5,6)(H,7,8)/b;2-1+. The van der Waals surface area contributed by atoms with Gasteiger partial charge in [-0.1, -0.05) is 35.9 Å². The van der Waals surface area contributed by atoms with Crippen molar-refractivity contribution < 1.29 is 19.8 Å². The van der Waals surface area contributed by atoms with E-state index in [1.807, 2.05) is 6.07 Å². The summed E-state index contributed by atoms with van der Waals surface area (Å²) in [4.78, 5) is 21.5. The number of fused-ring (bicyclic) bond motifs is 1. The first-order chi connectivity index (χ1) is 12.9. The van der Waals surface area contributed by atoms with Gasteiger partial charge < -0.3 is 20.8 Å². The number of halogens is 1. The lowest BCUT2D eigenvalue weighted by Gasteiger charge is -2.20. The Hall–Kier alpha value is -2.83. The SMILES string of the molecule is NCc1cccc(CN2CCc3cc(Cl)ccc32)c1.O=C(O)/C=C/C(=O)O. The van der Waals surface area contributed by atoms with Crippen molar-refractivity contribution in [3.8, 4) is 0 Å². The summed E-state index contributed by atoms with van der Waals surface area (Å²) in [6.45, 7) is 2.59. The van der Waals surface area contributed by atoms with E-state index in [0.29, 0.717) is 18.7 Å². The lowest BCUT2D eigenvalue weighted by molar-refractivity contribution is -0.134. The predicted octanol–water partition coefficient (Wildman–Crippen LogP) is 3.07. The Morgan fingerprint density at radius 2 is 1.74 bits per heavy atom. The molecule has 1 aliphatic rings. The van der Waals surface area contributed by atoms with Gasteiger partial charge in [-0.15, -0.1) is 0 Å². The molecule has 0 amide bonds. The molecule has 27 heavy (non-hydrogen) atoms. The van der Waals surface area contributed by atoms with Gasteiger partial charge in [0, 0.05) is 42.5 Å². The lowest BCUT2D eigenvalue weighted by Crippen LogP contribution is -2.19.